The van der Waals surface area contributed by atoms with Gasteiger partial charge >= 0.3 is 14.8 Å². The second kappa shape index (κ2) is 10.4. The maximum absolute atomic E-state index is 10.3. The van der Waals surface area contributed by atoms with Crippen molar-refractivity contribution in [2.24, 2.45) is 0 Å². The van der Waals surface area contributed by atoms with Gasteiger partial charge in [0.05, 0.1) is 0 Å². The van der Waals surface area contributed by atoms with E-state index in [0.29, 0.717) is 38.9 Å². The summed E-state index contributed by atoms with van der Waals surface area (Å²) in [5.74, 6) is -0.960. The highest BCUT2D eigenvalue weighted by Crippen LogP contribution is 2.18. The van der Waals surface area contributed by atoms with Crippen LogP contribution < -0.4 is 0 Å². The fourth-order valence-corrected chi connectivity index (χ4v) is 4.13. The van der Waals surface area contributed by atoms with Crippen molar-refractivity contribution in [1.29, 1.82) is 0 Å². The lowest BCUT2D eigenvalue weighted by molar-refractivity contribution is -0.142. The highest BCUT2D eigenvalue weighted by atomic mass is 28.4. The fourth-order valence-electron chi connectivity index (χ4n) is 1.55. The Bertz CT molecular complexity index is 207. The molecule has 0 bridgehead atoms. The molecule has 0 aromatic rings. The lowest BCUT2D eigenvalue weighted by Gasteiger charge is -2.28. The molecule has 0 fully saturated rings. The van der Waals surface area contributed by atoms with Crippen LogP contribution in [0.2, 0.25) is 6.04 Å². The average Bonchev–Trinajstić information content (AvgIpc) is 2.29. The summed E-state index contributed by atoms with van der Waals surface area (Å²) in [7, 11) is -2.60. The second-order valence-electron chi connectivity index (χ2n) is 3.53. The zero-order valence-corrected chi connectivity index (χ0v) is 12.4. The Kier molecular flexibility index (Phi) is 10.2. The van der Waals surface area contributed by atoms with Crippen LogP contribution in [0.1, 0.15) is 27.2 Å². The van der Waals surface area contributed by atoms with E-state index in [2.05, 4.69) is 0 Å². The zero-order valence-electron chi connectivity index (χ0n) is 11.4. The van der Waals surface area contributed by atoms with Crippen molar-refractivity contribution in [2.75, 3.05) is 33.0 Å². The van der Waals surface area contributed by atoms with E-state index in [9.17, 15) is 4.79 Å². The molecule has 0 aliphatic carbocycles. The van der Waals surface area contributed by atoms with Crippen LogP contribution in [0.15, 0.2) is 0 Å². The molecule has 0 heterocycles. The number of carbonyl (C=O) groups is 1. The Morgan fingerprint density at radius 1 is 1.06 bits per heavy atom. The standard InChI is InChI=1S/C11H24O6Si/c1-4-15-18(16-5-2,17-6-3)9-7-8-14-10-11(12)13/h4-10H2,1-3H3,(H,12,13). The number of rotatable bonds is 12. The summed E-state index contributed by atoms with van der Waals surface area (Å²) >= 11 is 0. The first kappa shape index (κ1) is 17.5. The summed E-state index contributed by atoms with van der Waals surface area (Å²) in [4.78, 5) is 10.3. The van der Waals surface area contributed by atoms with Gasteiger partial charge in [-0.05, 0) is 27.2 Å². The lowest BCUT2D eigenvalue weighted by Crippen LogP contribution is -2.46. The molecule has 6 nitrogen and oxygen atoms in total. The minimum absolute atomic E-state index is 0.271. The summed E-state index contributed by atoms with van der Waals surface area (Å²) in [6.07, 6.45) is 0.666. The average molecular weight is 280 g/mol. The maximum atomic E-state index is 10.3. The second-order valence-corrected chi connectivity index (χ2v) is 6.26. The van der Waals surface area contributed by atoms with Crippen molar-refractivity contribution >= 4 is 14.8 Å². The van der Waals surface area contributed by atoms with Gasteiger partial charge in [0.2, 0.25) is 0 Å². The monoisotopic (exact) mass is 280 g/mol. The van der Waals surface area contributed by atoms with Gasteiger partial charge in [-0.1, -0.05) is 0 Å². The Labute approximate surface area is 110 Å². The van der Waals surface area contributed by atoms with Gasteiger partial charge in [0.1, 0.15) is 6.61 Å². The van der Waals surface area contributed by atoms with Crippen LogP contribution in [-0.2, 0) is 22.8 Å². The number of hydrogen-bond donors (Lipinski definition) is 1. The molecule has 0 rings (SSSR count). The molecule has 0 aliphatic rings. The minimum Gasteiger partial charge on any atom is -0.480 e. The molecule has 108 valence electrons. The normalized spacial score (nSPS) is 11.7. The topological polar surface area (TPSA) is 74.2 Å². The Morgan fingerprint density at radius 3 is 1.94 bits per heavy atom. The maximum Gasteiger partial charge on any atom is 0.501 e. The Morgan fingerprint density at radius 2 is 1.56 bits per heavy atom. The van der Waals surface area contributed by atoms with Crippen molar-refractivity contribution < 1.29 is 27.9 Å². The van der Waals surface area contributed by atoms with Crippen molar-refractivity contribution in [3.8, 4) is 0 Å². The van der Waals surface area contributed by atoms with Crippen LogP contribution in [0.3, 0.4) is 0 Å². The van der Waals surface area contributed by atoms with Gasteiger partial charge in [0.25, 0.3) is 0 Å². The highest BCUT2D eigenvalue weighted by Gasteiger charge is 2.39. The van der Waals surface area contributed by atoms with Gasteiger partial charge in [0.15, 0.2) is 0 Å². The van der Waals surface area contributed by atoms with E-state index in [1.807, 2.05) is 20.8 Å². The number of hydrogen-bond acceptors (Lipinski definition) is 5. The molecule has 1 N–H and O–H groups in total. The van der Waals surface area contributed by atoms with Crippen molar-refractivity contribution in [3.05, 3.63) is 0 Å². The summed E-state index contributed by atoms with van der Waals surface area (Å²) in [5, 5.41) is 8.43. The van der Waals surface area contributed by atoms with Gasteiger partial charge in [-0.2, -0.15) is 0 Å². The van der Waals surface area contributed by atoms with E-state index in [4.69, 9.17) is 23.1 Å². The molecule has 0 aromatic carbocycles. The molecule has 7 heteroatoms. The molecule has 0 saturated carbocycles. The minimum atomic E-state index is -2.60. The first-order chi connectivity index (χ1) is 8.60. The largest absolute Gasteiger partial charge is 0.501 e. The molecular weight excluding hydrogens is 256 g/mol. The Hall–Kier alpha value is -0.473. The Balaban J connectivity index is 4.08. The van der Waals surface area contributed by atoms with Gasteiger partial charge in [0, 0.05) is 32.5 Å². The van der Waals surface area contributed by atoms with Crippen LogP contribution in [0, 0.1) is 0 Å². The molecule has 0 amide bonds. The number of carboxylic acid groups (broad SMARTS) is 1. The van der Waals surface area contributed by atoms with E-state index in [1.165, 1.54) is 0 Å². The third-order valence-electron chi connectivity index (χ3n) is 2.09. The summed E-state index contributed by atoms with van der Waals surface area (Å²) < 4.78 is 22.0. The third kappa shape index (κ3) is 7.78. The van der Waals surface area contributed by atoms with Crippen molar-refractivity contribution in [1.82, 2.24) is 0 Å². The van der Waals surface area contributed by atoms with Gasteiger partial charge in [-0.3, -0.25) is 0 Å². The summed E-state index contributed by atoms with van der Waals surface area (Å²) in [6, 6.07) is 0.641. The van der Waals surface area contributed by atoms with Crippen LogP contribution >= 0.6 is 0 Å². The molecule has 0 atom stereocenters. The first-order valence-electron chi connectivity index (χ1n) is 6.31. The third-order valence-corrected chi connectivity index (χ3v) is 5.24. The molecular formula is C11H24O6Si. The SMILES string of the molecule is CCO[Si](CCCOCC(=O)O)(OCC)OCC. The molecule has 0 aliphatic heterocycles. The van der Waals surface area contributed by atoms with Crippen LogP contribution in [0.5, 0.6) is 0 Å². The summed E-state index contributed by atoms with van der Waals surface area (Å²) in [6.45, 7) is 7.44. The van der Waals surface area contributed by atoms with Gasteiger partial charge in [-0.15, -0.1) is 0 Å². The summed E-state index contributed by atoms with van der Waals surface area (Å²) in [5.41, 5.74) is 0. The van der Waals surface area contributed by atoms with Gasteiger partial charge in [-0.25, -0.2) is 4.79 Å². The van der Waals surface area contributed by atoms with Crippen LogP contribution in [0.25, 0.3) is 0 Å². The predicted molar refractivity (Wildman–Crippen MR) is 68.5 cm³/mol. The highest BCUT2D eigenvalue weighted by molar-refractivity contribution is 6.60. The molecule has 18 heavy (non-hydrogen) atoms. The van der Waals surface area contributed by atoms with E-state index in [1.54, 1.807) is 0 Å². The van der Waals surface area contributed by atoms with E-state index >= 15 is 0 Å². The van der Waals surface area contributed by atoms with Crippen LogP contribution in [0.4, 0.5) is 0 Å². The molecule has 0 unspecified atom stereocenters. The van der Waals surface area contributed by atoms with E-state index in [0.717, 1.165) is 0 Å². The fraction of sp³-hybridized carbons (Fsp3) is 0.909. The number of ether oxygens (including phenoxy) is 1. The van der Waals surface area contributed by atoms with Crippen molar-refractivity contribution in [2.45, 2.75) is 33.2 Å². The molecule has 0 radical (unpaired) electrons. The predicted octanol–water partition coefficient (Wildman–Crippen LogP) is 1.53. The zero-order chi connectivity index (χ0) is 13.9. The van der Waals surface area contributed by atoms with E-state index < -0.39 is 14.8 Å². The van der Waals surface area contributed by atoms with E-state index in [-0.39, 0.29) is 6.61 Å². The first-order valence-corrected chi connectivity index (χ1v) is 8.24. The molecule has 0 aromatic heterocycles. The molecule has 0 saturated heterocycles. The molecule has 0 spiro atoms. The number of aliphatic carboxylic acids is 1. The quantitative estimate of drug-likeness (QED) is 0.431. The smallest absolute Gasteiger partial charge is 0.480 e. The van der Waals surface area contributed by atoms with Gasteiger partial charge < -0.3 is 23.1 Å². The number of carboxylic acids is 1. The van der Waals surface area contributed by atoms with Crippen molar-refractivity contribution in [3.63, 3.8) is 0 Å². The lowest BCUT2D eigenvalue weighted by atomic mass is 10.5. The van der Waals surface area contributed by atoms with Crippen LogP contribution in [-0.4, -0.2) is 52.9 Å².